The summed E-state index contributed by atoms with van der Waals surface area (Å²) in [5.74, 6) is 0. The van der Waals surface area contributed by atoms with Crippen molar-refractivity contribution >= 4 is 15.9 Å². The molecule has 0 amide bonds. The number of benzene rings is 1. The first-order valence-corrected chi connectivity index (χ1v) is 5.96. The molecular formula is C12H16BrN. The van der Waals surface area contributed by atoms with E-state index in [2.05, 4.69) is 47.1 Å². The normalized spacial score (nSPS) is 21.4. The molecular weight excluding hydrogens is 238 g/mol. The second kappa shape index (κ2) is 3.67. The van der Waals surface area contributed by atoms with Crippen LogP contribution in [0.3, 0.4) is 0 Å². The summed E-state index contributed by atoms with van der Waals surface area (Å²) >= 11 is 3.52. The maximum absolute atomic E-state index is 6.10. The fourth-order valence-corrected chi connectivity index (χ4v) is 2.76. The fourth-order valence-electron chi connectivity index (χ4n) is 2.36. The standard InChI is InChI=1S/C12H16BrN/c1-9(14)12(6-3-7-12)10-4-2-5-11(13)8-10/h2,4-5,8-9H,3,6-7,14H2,1H3. The zero-order chi connectivity index (χ0) is 10.2. The van der Waals surface area contributed by atoms with Gasteiger partial charge in [-0.15, -0.1) is 0 Å². The van der Waals surface area contributed by atoms with Crippen LogP contribution in [0.25, 0.3) is 0 Å². The summed E-state index contributed by atoms with van der Waals surface area (Å²) in [6.45, 7) is 2.13. The van der Waals surface area contributed by atoms with E-state index in [9.17, 15) is 0 Å². The Morgan fingerprint density at radius 1 is 1.43 bits per heavy atom. The number of hydrogen-bond donors (Lipinski definition) is 1. The average molecular weight is 254 g/mol. The highest BCUT2D eigenvalue weighted by Crippen LogP contribution is 2.46. The zero-order valence-electron chi connectivity index (χ0n) is 8.46. The molecule has 1 aromatic rings. The van der Waals surface area contributed by atoms with E-state index in [0.717, 1.165) is 4.47 Å². The van der Waals surface area contributed by atoms with Crippen molar-refractivity contribution in [2.24, 2.45) is 5.73 Å². The van der Waals surface area contributed by atoms with Gasteiger partial charge in [0.2, 0.25) is 0 Å². The van der Waals surface area contributed by atoms with Crippen LogP contribution in [0.4, 0.5) is 0 Å². The molecule has 0 heterocycles. The van der Waals surface area contributed by atoms with Gasteiger partial charge in [-0.1, -0.05) is 34.5 Å². The topological polar surface area (TPSA) is 26.0 Å². The highest BCUT2D eigenvalue weighted by molar-refractivity contribution is 9.10. The molecule has 1 aromatic carbocycles. The van der Waals surface area contributed by atoms with E-state index in [1.54, 1.807) is 0 Å². The summed E-state index contributed by atoms with van der Waals surface area (Å²) in [6, 6.07) is 8.83. The lowest BCUT2D eigenvalue weighted by Gasteiger charge is -2.45. The molecule has 0 aliphatic heterocycles. The van der Waals surface area contributed by atoms with Crippen molar-refractivity contribution in [3.05, 3.63) is 34.3 Å². The van der Waals surface area contributed by atoms with Crippen LogP contribution in [-0.4, -0.2) is 6.04 Å². The first-order chi connectivity index (χ1) is 6.65. The molecule has 1 aliphatic rings. The van der Waals surface area contributed by atoms with Crippen molar-refractivity contribution in [2.75, 3.05) is 0 Å². The lowest BCUT2D eigenvalue weighted by atomic mass is 9.61. The van der Waals surface area contributed by atoms with Gasteiger partial charge in [0.15, 0.2) is 0 Å². The quantitative estimate of drug-likeness (QED) is 0.861. The monoisotopic (exact) mass is 253 g/mol. The van der Waals surface area contributed by atoms with Gasteiger partial charge in [0.25, 0.3) is 0 Å². The smallest absolute Gasteiger partial charge is 0.0178 e. The van der Waals surface area contributed by atoms with Crippen molar-refractivity contribution in [2.45, 2.75) is 37.6 Å². The van der Waals surface area contributed by atoms with E-state index in [-0.39, 0.29) is 11.5 Å². The molecule has 2 N–H and O–H groups in total. The number of nitrogens with two attached hydrogens (primary N) is 1. The van der Waals surface area contributed by atoms with Crippen LogP contribution < -0.4 is 5.73 Å². The molecule has 0 aromatic heterocycles. The number of halogens is 1. The number of rotatable bonds is 2. The Morgan fingerprint density at radius 3 is 2.57 bits per heavy atom. The second-order valence-electron chi connectivity index (χ2n) is 4.31. The molecule has 76 valence electrons. The van der Waals surface area contributed by atoms with Gasteiger partial charge in [-0.05, 0) is 37.5 Å². The minimum absolute atomic E-state index is 0.254. The number of hydrogen-bond acceptors (Lipinski definition) is 1. The molecule has 0 radical (unpaired) electrons. The van der Waals surface area contributed by atoms with Crippen molar-refractivity contribution in [1.82, 2.24) is 0 Å². The molecule has 0 spiro atoms. The zero-order valence-corrected chi connectivity index (χ0v) is 10.0. The van der Waals surface area contributed by atoms with Gasteiger partial charge in [-0.3, -0.25) is 0 Å². The minimum atomic E-state index is 0.254. The van der Waals surface area contributed by atoms with Crippen LogP contribution >= 0.6 is 15.9 Å². The average Bonchev–Trinajstić information content (AvgIpc) is 2.00. The van der Waals surface area contributed by atoms with Gasteiger partial charge in [0, 0.05) is 15.9 Å². The van der Waals surface area contributed by atoms with Gasteiger partial charge < -0.3 is 5.73 Å². The van der Waals surface area contributed by atoms with E-state index in [4.69, 9.17) is 5.73 Å². The Kier molecular flexibility index (Phi) is 2.67. The van der Waals surface area contributed by atoms with Crippen LogP contribution in [0.5, 0.6) is 0 Å². The first kappa shape index (κ1) is 10.2. The second-order valence-corrected chi connectivity index (χ2v) is 5.22. The SMILES string of the molecule is CC(N)C1(c2cccc(Br)c2)CCC1. The van der Waals surface area contributed by atoms with Crippen molar-refractivity contribution in [1.29, 1.82) is 0 Å². The van der Waals surface area contributed by atoms with Gasteiger partial charge in [0.05, 0.1) is 0 Å². The maximum Gasteiger partial charge on any atom is 0.0178 e. The van der Waals surface area contributed by atoms with Crippen LogP contribution in [0, 0.1) is 0 Å². The molecule has 1 atom stereocenters. The predicted octanol–water partition coefficient (Wildman–Crippen LogP) is 3.22. The Morgan fingerprint density at radius 2 is 2.14 bits per heavy atom. The summed E-state index contributed by atoms with van der Waals surface area (Å²) in [6.07, 6.45) is 3.79. The lowest BCUT2D eigenvalue weighted by Crippen LogP contribution is -2.48. The van der Waals surface area contributed by atoms with Crippen LogP contribution in [0.2, 0.25) is 0 Å². The van der Waals surface area contributed by atoms with Crippen molar-refractivity contribution in [3.8, 4) is 0 Å². The molecule has 1 nitrogen and oxygen atoms in total. The molecule has 1 aliphatic carbocycles. The molecule has 1 unspecified atom stereocenters. The van der Waals surface area contributed by atoms with Crippen molar-refractivity contribution in [3.63, 3.8) is 0 Å². The van der Waals surface area contributed by atoms with Gasteiger partial charge >= 0.3 is 0 Å². The third kappa shape index (κ3) is 1.51. The van der Waals surface area contributed by atoms with E-state index in [1.807, 2.05) is 0 Å². The van der Waals surface area contributed by atoms with Gasteiger partial charge in [0.1, 0.15) is 0 Å². The molecule has 1 fully saturated rings. The predicted molar refractivity (Wildman–Crippen MR) is 63.3 cm³/mol. The first-order valence-electron chi connectivity index (χ1n) is 5.17. The van der Waals surface area contributed by atoms with Crippen LogP contribution in [-0.2, 0) is 5.41 Å². The van der Waals surface area contributed by atoms with E-state index in [1.165, 1.54) is 24.8 Å². The minimum Gasteiger partial charge on any atom is -0.327 e. The molecule has 2 heteroatoms. The molecule has 14 heavy (non-hydrogen) atoms. The Hall–Kier alpha value is -0.340. The fraction of sp³-hybridized carbons (Fsp3) is 0.500. The maximum atomic E-state index is 6.10. The summed E-state index contributed by atoms with van der Waals surface area (Å²) in [5.41, 5.74) is 7.75. The molecule has 2 rings (SSSR count). The highest BCUT2D eigenvalue weighted by atomic mass is 79.9. The van der Waals surface area contributed by atoms with Gasteiger partial charge in [-0.2, -0.15) is 0 Å². The lowest BCUT2D eigenvalue weighted by molar-refractivity contribution is 0.205. The van der Waals surface area contributed by atoms with Crippen LogP contribution in [0.15, 0.2) is 28.7 Å². The Bertz CT molecular complexity index is 329. The summed E-state index contributed by atoms with van der Waals surface area (Å²) in [4.78, 5) is 0. The van der Waals surface area contributed by atoms with E-state index < -0.39 is 0 Å². The highest BCUT2D eigenvalue weighted by Gasteiger charge is 2.41. The van der Waals surface area contributed by atoms with Crippen molar-refractivity contribution < 1.29 is 0 Å². The Balaban J connectivity index is 2.37. The van der Waals surface area contributed by atoms with Crippen LogP contribution in [0.1, 0.15) is 31.7 Å². The third-order valence-corrected chi connectivity index (χ3v) is 4.01. The summed E-state index contributed by atoms with van der Waals surface area (Å²) in [5, 5.41) is 0. The molecule has 0 bridgehead atoms. The Labute approximate surface area is 93.8 Å². The summed E-state index contributed by atoms with van der Waals surface area (Å²) < 4.78 is 1.15. The third-order valence-electron chi connectivity index (χ3n) is 3.52. The van der Waals surface area contributed by atoms with E-state index in [0.29, 0.717) is 0 Å². The largest absolute Gasteiger partial charge is 0.327 e. The van der Waals surface area contributed by atoms with Gasteiger partial charge in [-0.25, -0.2) is 0 Å². The molecule has 0 saturated heterocycles. The molecule has 1 saturated carbocycles. The van der Waals surface area contributed by atoms with E-state index >= 15 is 0 Å². The summed E-state index contributed by atoms with van der Waals surface area (Å²) in [7, 11) is 0.